The van der Waals surface area contributed by atoms with Gasteiger partial charge in [-0.3, -0.25) is 9.89 Å². The first-order chi connectivity index (χ1) is 14.2. The first-order valence-corrected chi connectivity index (χ1v) is 10.3. The van der Waals surface area contributed by atoms with Crippen LogP contribution in [0.25, 0.3) is 0 Å². The number of nitrogens with zero attached hydrogens (tertiary/aromatic N) is 3. The van der Waals surface area contributed by atoms with Crippen LogP contribution >= 0.6 is 0 Å². The molecular formula is C22H31FN4O2. The number of aliphatic imine (C=N–C) groups is 1. The molecule has 0 aliphatic carbocycles. The molecule has 0 atom stereocenters. The highest BCUT2D eigenvalue weighted by atomic mass is 19.1. The number of morpholine rings is 1. The number of hydrogen-bond donors (Lipinski definition) is 1. The zero-order valence-corrected chi connectivity index (χ0v) is 17.1. The Kier molecular flexibility index (Phi) is 8.52. The number of nitrogens with one attached hydrogen (secondary N) is 1. The molecule has 2 heterocycles. The molecule has 7 heteroatoms. The summed E-state index contributed by atoms with van der Waals surface area (Å²) >= 11 is 0. The molecule has 1 aromatic heterocycles. The number of rotatable bonds is 9. The summed E-state index contributed by atoms with van der Waals surface area (Å²) in [5.41, 5.74) is 0.918. The Labute approximate surface area is 172 Å². The van der Waals surface area contributed by atoms with Crippen molar-refractivity contribution in [2.45, 2.75) is 19.4 Å². The molecule has 1 aliphatic rings. The predicted molar refractivity (Wildman–Crippen MR) is 112 cm³/mol. The van der Waals surface area contributed by atoms with Crippen LogP contribution in [-0.2, 0) is 17.7 Å². The first kappa shape index (κ1) is 21.3. The van der Waals surface area contributed by atoms with Gasteiger partial charge in [0.05, 0.1) is 19.5 Å². The standard InChI is InChI=1S/C22H31FN4O2/c1-26(18-19-5-2-6-20(23)17-19)22(25-10-8-21-7-3-14-29-21)24-9-4-11-27-12-15-28-16-13-27/h2-3,5-7,14,17H,4,8-13,15-16,18H2,1H3,(H,24,25). The van der Waals surface area contributed by atoms with Gasteiger partial charge in [0, 0.05) is 52.7 Å². The third-order valence-electron chi connectivity index (χ3n) is 4.90. The summed E-state index contributed by atoms with van der Waals surface area (Å²) in [6.07, 6.45) is 3.47. The second-order valence-corrected chi connectivity index (χ2v) is 7.26. The molecule has 0 bridgehead atoms. The van der Waals surface area contributed by atoms with Crippen molar-refractivity contribution >= 4 is 5.96 Å². The second-order valence-electron chi connectivity index (χ2n) is 7.26. The summed E-state index contributed by atoms with van der Waals surface area (Å²) in [6.45, 7) is 6.72. The van der Waals surface area contributed by atoms with Crippen molar-refractivity contribution in [1.29, 1.82) is 0 Å². The lowest BCUT2D eigenvalue weighted by Gasteiger charge is -2.26. The van der Waals surface area contributed by atoms with E-state index in [0.29, 0.717) is 6.54 Å². The summed E-state index contributed by atoms with van der Waals surface area (Å²) in [5, 5.41) is 3.42. The maximum Gasteiger partial charge on any atom is 0.193 e. The van der Waals surface area contributed by atoms with Crippen LogP contribution in [0.1, 0.15) is 17.7 Å². The highest BCUT2D eigenvalue weighted by Crippen LogP contribution is 2.07. The van der Waals surface area contributed by atoms with Crippen LogP contribution < -0.4 is 5.32 Å². The van der Waals surface area contributed by atoms with Crippen molar-refractivity contribution in [3.8, 4) is 0 Å². The maximum atomic E-state index is 13.5. The highest BCUT2D eigenvalue weighted by Gasteiger charge is 2.11. The zero-order valence-electron chi connectivity index (χ0n) is 17.1. The van der Waals surface area contributed by atoms with Crippen LogP contribution in [0.15, 0.2) is 52.1 Å². The van der Waals surface area contributed by atoms with E-state index in [1.807, 2.05) is 30.1 Å². The predicted octanol–water partition coefficient (Wildman–Crippen LogP) is 2.76. The van der Waals surface area contributed by atoms with E-state index in [-0.39, 0.29) is 5.82 Å². The molecule has 3 rings (SSSR count). The lowest BCUT2D eigenvalue weighted by atomic mass is 10.2. The normalized spacial score (nSPS) is 15.4. The Bertz CT molecular complexity index is 745. The molecule has 1 saturated heterocycles. The largest absolute Gasteiger partial charge is 0.469 e. The minimum absolute atomic E-state index is 0.217. The van der Waals surface area contributed by atoms with Gasteiger partial charge in [-0.2, -0.15) is 0 Å². The summed E-state index contributed by atoms with van der Waals surface area (Å²) in [4.78, 5) is 9.24. The molecule has 1 fully saturated rings. The topological polar surface area (TPSA) is 53.2 Å². The Morgan fingerprint density at radius 3 is 2.86 bits per heavy atom. The number of guanidine groups is 1. The average Bonchev–Trinajstić information content (AvgIpc) is 3.24. The van der Waals surface area contributed by atoms with Gasteiger partial charge in [-0.25, -0.2) is 4.39 Å². The molecule has 1 N–H and O–H groups in total. The van der Waals surface area contributed by atoms with E-state index < -0.39 is 0 Å². The van der Waals surface area contributed by atoms with Crippen LogP contribution in [0.5, 0.6) is 0 Å². The van der Waals surface area contributed by atoms with Gasteiger partial charge >= 0.3 is 0 Å². The van der Waals surface area contributed by atoms with Crippen molar-refractivity contribution in [3.63, 3.8) is 0 Å². The molecule has 0 spiro atoms. The minimum Gasteiger partial charge on any atom is -0.469 e. The van der Waals surface area contributed by atoms with E-state index in [2.05, 4.69) is 10.2 Å². The first-order valence-electron chi connectivity index (χ1n) is 10.3. The minimum atomic E-state index is -0.217. The lowest BCUT2D eigenvalue weighted by Crippen LogP contribution is -2.40. The van der Waals surface area contributed by atoms with Crippen molar-refractivity contribution in [2.75, 3.05) is 53.0 Å². The molecule has 0 unspecified atom stereocenters. The van der Waals surface area contributed by atoms with Crippen molar-refractivity contribution in [1.82, 2.24) is 15.1 Å². The van der Waals surface area contributed by atoms with Gasteiger partial charge in [-0.1, -0.05) is 12.1 Å². The molecule has 158 valence electrons. The van der Waals surface area contributed by atoms with Crippen LogP contribution in [0.2, 0.25) is 0 Å². The van der Waals surface area contributed by atoms with Gasteiger partial charge in [-0.15, -0.1) is 0 Å². The van der Waals surface area contributed by atoms with E-state index in [1.54, 1.807) is 18.4 Å². The molecule has 0 amide bonds. The maximum absolute atomic E-state index is 13.5. The molecule has 0 radical (unpaired) electrons. The van der Waals surface area contributed by atoms with Gasteiger partial charge in [0.1, 0.15) is 11.6 Å². The van der Waals surface area contributed by atoms with E-state index >= 15 is 0 Å². The van der Waals surface area contributed by atoms with Crippen molar-refractivity contribution in [2.24, 2.45) is 4.99 Å². The van der Waals surface area contributed by atoms with Gasteiger partial charge in [0.25, 0.3) is 0 Å². The highest BCUT2D eigenvalue weighted by molar-refractivity contribution is 5.79. The number of hydrogen-bond acceptors (Lipinski definition) is 4. The Morgan fingerprint density at radius 2 is 2.10 bits per heavy atom. The molecular weight excluding hydrogens is 371 g/mol. The fourth-order valence-corrected chi connectivity index (χ4v) is 3.35. The smallest absolute Gasteiger partial charge is 0.193 e. The third kappa shape index (κ3) is 7.51. The Hall–Kier alpha value is -2.38. The van der Waals surface area contributed by atoms with E-state index in [4.69, 9.17) is 14.1 Å². The molecule has 1 aliphatic heterocycles. The third-order valence-corrected chi connectivity index (χ3v) is 4.90. The van der Waals surface area contributed by atoms with Crippen LogP contribution in [0, 0.1) is 5.82 Å². The fraction of sp³-hybridized carbons (Fsp3) is 0.500. The lowest BCUT2D eigenvalue weighted by molar-refractivity contribution is 0.0377. The summed E-state index contributed by atoms with van der Waals surface area (Å²) < 4.78 is 24.3. The van der Waals surface area contributed by atoms with Crippen molar-refractivity contribution < 1.29 is 13.5 Å². The SMILES string of the molecule is CN(Cc1cccc(F)c1)C(=NCCCN1CCOCC1)NCCc1ccco1. The van der Waals surface area contributed by atoms with Crippen molar-refractivity contribution in [3.05, 3.63) is 59.8 Å². The molecule has 29 heavy (non-hydrogen) atoms. The monoisotopic (exact) mass is 402 g/mol. The quantitative estimate of drug-likeness (QED) is 0.397. The molecule has 1 aromatic carbocycles. The number of benzene rings is 1. The van der Waals surface area contributed by atoms with Crippen LogP contribution in [0.3, 0.4) is 0 Å². The number of halogens is 1. The van der Waals surface area contributed by atoms with Crippen LogP contribution in [0.4, 0.5) is 4.39 Å². The Balaban J connectivity index is 1.53. The Morgan fingerprint density at radius 1 is 1.24 bits per heavy atom. The van der Waals surface area contributed by atoms with E-state index in [1.165, 1.54) is 6.07 Å². The number of ether oxygens (including phenoxy) is 1. The second kappa shape index (κ2) is 11.6. The summed E-state index contributed by atoms with van der Waals surface area (Å²) in [5.74, 6) is 1.55. The van der Waals surface area contributed by atoms with E-state index in [0.717, 1.165) is 76.1 Å². The van der Waals surface area contributed by atoms with Gasteiger partial charge < -0.3 is 19.4 Å². The molecule has 0 saturated carbocycles. The molecule has 2 aromatic rings. The zero-order chi connectivity index (χ0) is 20.3. The van der Waals surface area contributed by atoms with Gasteiger partial charge in [-0.05, 0) is 36.2 Å². The van der Waals surface area contributed by atoms with E-state index in [9.17, 15) is 4.39 Å². The molecule has 6 nitrogen and oxygen atoms in total. The fourth-order valence-electron chi connectivity index (χ4n) is 3.35. The average molecular weight is 403 g/mol. The summed E-state index contributed by atoms with van der Waals surface area (Å²) in [7, 11) is 1.98. The van der Waals surface area contributed by atoms with Crippen LogP contribution in [-0.4, -0.2) is 68.7 Å². The number of furan rings is 1. The summed E-state index contributed by atoms with van der Waals surface area (Å²) in [6, 6.07) is 10.6. The van der Waals surface area contributed by atoms with Gasteiger partial charge in [0.2, 0.25) is 0 Å². The van der Waals surface area contributed by atoms with Gasteiger partial charge in [0.15, 0.2) is 5.96 Å².